The maximum Gasteiger partial charge on any atom is 0.329 e. The van der Waals surface area contributed by atoms with E-state index in [1.165, 1.54) is 4.90 Å². The van der Waals surface area contributed by atoms with Gasteiger partial charge in [0.05, 0.1) is 6.10 Å². The standard InChI is InChI=1S/C18H32N2O6/c1-6-7-8-12(9-15(21)19-24)16(22)20-11-13(25-5)10-14(20)17(23)26-18(2,3)4/h12-14,24H,6-11H2,1-5H3,(H,19,21)/t12-,13-,14+/m1/s1. The molecule has 0 bridgehead atoms. The molecule has 8 nitrogen and oxygen atoms in total. The molecule has 8 heteroatoms. The number of carbonyl (C=O) groups excluding carboxylic acids is 3. The van der Waals surface area contributed by atoms with Crippen molar-refractivity contribution < 1.29 is 29.1 Å². The summed E-state index contributed by atoms with van der Waals surface area (Å²) in [5, 5.41) is 8.79. The van der Waals surface area contributed by atoms with Crippen molar-refractivity contribution in [2.24, 2.45) is 5.92 Å². The van der Waals surface area contributed by atoms with Crippen LogP contribution in [0.5, 0.6) is 0 Å². The Morgan fingerprint density at radius 2 is 1.96 bits per heavy atom. The third-order valence-electron chi connectivity index (χ3n) is 4.37. The highest BCUT2D eigenvalue weighted by Gasteiger charge is 2.43. The fourth-order valence-electron chi connectivity index (χ4n) is 3.07. The molecule has 1 aliphatic rings. The van der Waals surface area contributed by atoms with Gasteiger partial charge in [-0.05, 0) is 27.2 Å². The number of amides is 2. The van der Waals surface area contributed by atoms with E-state index in [1.54, 1.807) is 33.4 Å². The second-order valence-electron chi connectivity index (χ2n) is 7.71. The molecule has 0 aromatic carbocycles. The first-order valence-corrected chi connectivity index (χ1v) is 9.12. The summed E-state index contributed by atoms with van der Waals surface area (Å²) in [6.07, 6.45) is 2.15. The Balaban J connectivity index is 2.97. The van der Waals surface area contributed by atoms with E-state index < -0.39 is 29.4 Å². The van der Waals surface area contributed by atoms with Gasteiger partial charge in [0, 0.05) is 32.4 Å². The van der Waals surface area contributed by atoms with Crippen molar-refractivity contribution in [2.75, 3.05) is 13.7 Å². The van der Waals surface area contributed by atoms with Crippen LogP contribution < -0.4 is 5.48 Å². The zero-order chi connectivity index (χ0) is 19.9. The van der Waals surface area contributed by atoms with Crippen LogP contribution in [0.15, 0.2) is 0 Å². The molecule has 26 heavy (non-hydrogen) atoms. The molecule has 3 atom stereocenters. The highest BCUT2D eigenvalue weighted by molar-refractivity contribution is 5.89. The molecule has 0 aromatic heterocycles. The molecular weight excluding hydrogens is 340 g/mol. The number of ether oxygens (including phenoxy) is 2. The first kappa shape index (κ1) is 22.4. The Morgan fingerprint density at radius 1 is 1.31 bits per heavy atom. The molecule has 0 aromatic rings. The molecule has 0 spiro atoms. The Labute approximate surface area is 155 Å². The highest BCUT2D eigenvalue weighted by atomic mass is 16.6. The molecule has 0 unspecified atom stereocenters. The summed E-state index contributed by atoms with van der Waals surface area (Å²) in [4.78, 5) is 38.7. The van der Waals surface area contributed by atoms with Gasteiger partial charge in [-0.15, -0.1) is 0 Å². The van der Waals surface area contributed by atoms with E-state index in [4.69, 9.17) is 14.7 Å². The largest absolute Gasteiger partial charge is 0.458 e. The first-order chi connectivity index (χ1) is 12.1. The van der Waals surface area contributed by atoms with E-state index in [-0.39, 0.29) is 25.0 Å². The van der Waals surface area contributed by atoms with Gasteiger partial charge in [0.1, 0.15) is 11.6 Å². The van der Waals surface area contributed by atoms with Crippen molar-refractivity contribution in [1.29, 1.82) is 0 Å². The number of likely N-dealkylation sites (tertiary alicyclic amines) is 1. The molecule has 1 fully saturated rings. The van der Waals surface area contributed by atoms with E-state index in [1.807, 2.05) is 6.92 Å². The molecule has 1 rings (SSSR count). The first-order valence-electron chi connectivity index (χ1n) is 9.12. The minimum Gasteiger partial charge on any atom is -0.458 e. The van der Waals surface area contributed by atoms with Crippen LogP contribution in [0.2, 0.25) is 0 Å². The van der Waals surface area contributed by atoms with Gasteiger partial charge in [-0.2, -0.15) is 0 Å². The molecule has 1 aliphatic heterocycles. The lowest BCUT2D eigenvalue weighted by atomic mass is 9.96. The Morgan fingerprint density at radius 3 is 2.46 bits per heavy atom. The topological polar surface area (TPSA) is 105 Å². The zero-order valence-electron chi connectivity index (χ0n) is 16.4. The Bertz CT molecular complexity index is 502. The minimum absolute atomic E-state index is 0.121. The van der Waals surface area contributed by atoms with Crippen LogP contribution in [0.1, 0.15) is 59.8 Å². The molecule has 0 radical (unpaired) electrons. The molecule has 150 valence electrons. The van der Waals surface area contributed by atoms with Gasteiger partial charge < -0.3 is 14.4 Å². The third-order valence-corrected chi connectivity index (χ3v) is 4.37. The number of nitrogens with zero attached hydrogens (tertiary/aromatic N) is 1. The average molecular weight is 372 g/mol. The number of hydroxylamine groups is 1. The summed E-state index contributed by atoms with van der Waals surface area (Å²) >= 11 is 0. The summed E-state index contributed by atoms with van der Waals surface area (Å²) in [5.74, 6) is -1.96. The van der Waals surface area contributed by atoms with Gasteiger partial charge in [0.15, 0.2) is 0 Å². The fraction of sp³-hybridized carbons (Fsp3) is 0.833. The number of unbranched alkanes of at least 4 members (excludes halogenated alkanes) is 1. The van der Waals surface area contributed by atoms with Gasteiger partial charge >= 0.3 is 5.97 Å². The second kappa shape index (κ2) is 9.87. The summed E-state index contributed by atoms with van der Waals surface area (Å²) < 4.78 is 10.8. The van der Waals surface area contributed by atoms with Crippen molar-refractivity contribution in [3.05, 3.63) is 0 Å². The normalized spacial score (nSPS) is 21.4. The summed E-state index contributed by atoms with van der Waals surface area (Å²) in [6.45, 7) is 7.59. The predicted octanol–water partition coefficient (Wildman–Crippen LogP) is 1.65. The van der Waals surface area contributed by atoms with E-state index in [0.717, 1.165) is 12.8 Å². The third kappa shape index (κ3) is 6.57. The minimum atomic E-state index is -0.729. The number of hydrogen-bond donors (Lipinski definition) is 2. The van der Waals surface area contributed by atoms with Gasteiger partial charge in [0.2, 0.25) is 11.8 Å². The molecular formula is C18H32N2O6. The maximum atomic E-state index is 13.0. The second-order valence-corrected chi connectivity index (χ2v) is 7.71. The smallest absolute Gasteiger partial charge is 0.329 e. The molecule has 2 N–H and O–H groups in total. The van der Waals surface area contributed by atoms with Crippen LogP contribution in [-0.2, 0) is 23.9 Å². The lowest BCUT2D eigenvalue weighted by Crippen LogP contribution is -2.46. The molecule has 1 saturated heterocycles. The number of hydrogen-bond acceptors (Lipinski definition) is 6. The number of rotatable bonds is 8. The number of esters is 1. The van der Waals surface area contributed by atoms with Crippen molar-refractivity contribution in [2.45, 2.75) is 77.5 Å². The summed E-state index contributed by atoms with van der Waals surface area (Å²) in [6, 6.07) is -0.729. The quantitative estimate of drug-likeness (QED) is 0.381. The summed E-state index contributed by atoms with van der Waals surface area (Å²) in [5.41, 5.74) is 0.919. The lowest BCUT2D eigenvalue weighted by molar-refractivity contribution is -0.164. The van der Waals surface area contributed by atoms with Crippen LogP contribution in [0.3, 0.4) is 0 Å². The van der Waals surface area contributed by atoms with Gasteiger partial charge in [-0.25, -0.2) is 10.3 Å². The lowest BCUT2D eigenvalue weighted by Gasteiger charge is -2.29. The van der Waals surface area contributed by atoms with E-state index >= 15 is 0 Å². The average Bonchev–Trinajstić information content (AvgIpc) is 3.00. The number of nitrogens with one attached hydrogen (secondary N) is 1. The Hall–Kier alpha value is -1.67. The van der Waals surface area contributed by atoms with Crippen LogP contribution in [0, 0.1) is 5.92 Å². The Kier molecular flexibility index (Phi) is 8.49. The SMILES string of the molecule is CCCC[C@H](CC(=O)NO)C(=O)N1C[C@H](OC)C[C@H]1C(=O)OC(C)(C)C. The van der Waals surface area contributed by atoms with Crippen LogP contribution in [-0.4, -0.2) is 59.3 Å². The molecule has 2 amide bonds. The van der Waals surface area contributed by atoms with Crippen LogP contribution in [0.25, 0.3) is 0 Å². The van der Waals surface area contributed by atoms with Gasteiger partial charge in [0.25, 0.3) is 0 Å². The monoisotopic (exact) mass is 372 g/mol. The highest BCUT2D eigenvalue weighted by Crippen LogP contribution is 2.27. The summed E-state index contributed by atoms with van der Waals surface area (Å²) in [7, 11) is 1.54. The van der Waals surface area contributed by atoms with Crippen molar-refractivity contribution >= 4 is 17.8 Å². The maximum absolute atomic E-state index is 13.0. The van der Waals surface area contributed by atoms with Crippen LogP contribution in [0.4, 0.5) is 0 Å². The van der Waals surface area contributed by atoms with Crippen molar-refractivity contribution in [3.63, 3.8) is 0 Å². The molecule has 1 heterocycles. The van der Waals surface area contributed by atoms with Crippen molar-refractivity contribution in [3.8, 4) is 0 Å². The van der Waals surface area contributed by atoms with Crippen molar-refractivity contribution in [1.82, 2.24) is 10.4 Å². The van der Waals surface area contributed by atoms with Gasteiger partial charge in [-0.1, -0.05) is 19.8 Å². The molecule has 0 aliphatic carbocycles. The number of methoxy groups -OCH3 is 1. The zero-order valence-corrected chi connectivity index (χ0v) is 16.4. The fourth-order valence-corrected chi connectivity index (χ4v) is 3.07. The van der Waals surface area contributed by atoms with Gasteiger partial charge in [-0.3, -0.25) is 14.8 Å². The number of carbonyl (C=O) groups is 3. The molecule has 0 saturated carbocycles. The van der Waals surface area contributed by atoms with Crippen LogP contribution >= 0.6 is 0 Å². The van der Waals surface area contributed by atoms with E-state index in [2.05, 4.69) is 0 Å². The van der Waals surface area contributed by atoms with E-state index in [9.17, 15) is 14.4 Å². The van der Waals surface area contributed by atoms with E-state index in [0.29, 0.717) is 12.8 Å². The predicted molar refractivity (Wildman–Crippen MR) is 94.3 cm³/mol.